The molecule has 0 amide bonds. The van der Waals surface area contributed by atoms with Gasteiger partial charge in [-0.25, -0.2) is 19.3 Å². The van der Waals surface area contributed by atoms with Crippen LogP contribution in [-0.2, 0) is 6.42 Å². The van der Waals surface area contributed by atoms with Crippen LogP contribution in [0.25, 0.3) is 16.9 Å². The zero-order valence-corrected chi connectivity index (χ0v) is 15.9. The third-order valence-corrected chi connectivity index (χ3v) is 4.61. The molecule has 4 rings (SSSR count). The van der Waals surface area contributed by atoms with Crippen LogP contribution in [0.2, 0.25) is 0 Å². The first-order valence-corrected chi connectivity index (χ1v) is 9.34. The number of aromatic amines is 1. The van der Waals surface area contributed by atoms with Gasteiger partial charge in [0.1, 0.15) is 0 Å². The normalized spacial score (nSPS) is 11.2. The minimum atomic E-state index is -0.270. The summed E-state index contributed by atoms with van der Waals surface area (Å²) in [6, 6.07) is 13.8. The number of pyridine rings is 1. The van der Waals surface area contributed by atoms with Gasteiger partial charge in [-0.1, -0.05) is 50.2 Å². The quantitative estimate of drug-likeness (QED) is 0.541. The van der Waals surface area contributed by atoms with Crippen molar-refractivity contribution in [3.05, 3.63) is 76.6 Å². The molecule has 4 aromatic rings. The van der Waals surface area contributed by atoms with E-state index in [-0.39, 0.29) is 11.6 Å². The van der Waals surface area contributed by atoms with Crippen LogP contribution in [0.5, 0.6) is 0 Å². The maximum absolute atomic E-state index is 12.6. The van der Waals surface area contributed by atoms with Crippen LogP contribution in [0, 0.1) is 0 Å². The van der Waals surface area contributed by atoms with Crippen molar-refractivity contribution in [2.75, 3.05) is 11.9 Å². The molecule has 142 valence electrons. The van der Waals surface area contributed by atoms with Crippen LogP contribution in [0.1, 0.15) is 31.0 Å². The lowest BCUT2D eigenvalue weighted by molar-refractivity contribution is 0.809. The lowest BCUT2D eigenvalue weighted by atomic mass is 10.0. The second-order valence-corrected chi connectivity index (χ2v) is 6.94. The lowest BCUT2D eigenvalue weighted by Crippen LogP contribution is -2.17. The Hall–Kier alpha value is -3.48. The van der Waals surface area contributed by atoms with Gasteiger partial charge in [0.05, 0.1) is 11.4 Å². The number of benzene rings is 1. The number of anilines is 1. The van der Waals surface area contributed by atoms with Gasteiger partial charge in [-0.15, -0.1) is 5.10 Å². The molecule has 1 aromatic carbocycles. The fraction of sp³-hybridized carbons (Fsp3) is 0.238. The Labute approximate surface area is 162 Å². The summed E-state index contributed by atoms with van der Waals surface area (Å²) < 4.78 is 1.62. The molecule has 0 atom stereocenters. The van der Waals surface area contributed by atoms with Crippen LogP contribution < -0.4 is 11.0 Å². The van der Waals surface area contributed by atoms with E-state index in [4.69, 9.17) is 4.98 Å². The molecule has 0 fully saturated rings. The molecule has 0 saturated carbocycles. The summed E-state index contributed by atoms with van der Waals surface area (Å²) in [7, 11) is 0. The summed E-state index contributed by atoms with van der Waals surface area (Å²) >= 11 is 0. The number of nitrogens with one attached hydrogen (secondary N) is 2. The highest BCUT2D eigenvalue weighted by Gasteiger charge is 2.20. The zero-order chi connectivity index (χ0) is 19.5. The minimum Gasteiger partial charge on any atom is -0.367 e. The van der Waals surface area contributed by atoms with Crippen molar-refractivity contribution in [3.63, 3.8) is 0 Å². The Bertz CT molecular complexity index is 1130. The summed E-state index contributed by atoms with van der Waals surface area (Å²) in [4.78, 5) is 21.6. The molecule has 7 nitrogen and oxygen atoms in total. The van der Waals surface area contributed by atoms with E-state index in [0.29, 0.717) is 18.0 Å². The Balaban J connectivity index is 1.77. The Morgan fingerprint density at radius 1 is 1.14 bits per heavy atom. The van der Waals surface area contributed by atoms with Crippen molar-refractivity contribution in [1.29, 1.82) is 0 Å². The first kappa shape index (κ1) is 17.9. The molecule has 0 spiro atoms. The van der Waals surface area contributed by atoms with Crippen LogP contribution in [-0.4, -0.2) is 31.1 Å². The standard InChI is InChI=1S/C21H22N6O/c1-14(2)17-18(16-8-4-3-5-9-16)27-20(25-26-21(27)28)19(24-17)23-12-10-15-7-6-11-22-13-15/h3-9,11,13-14H,10,12H2,1-2H3,(H,23,24)(H,26,28). The molecule has 28 heavy (non-hydrogen) atoms. The second kappa shape index (κ2) is 7.64. The monoisotopic (exact) mass is 374 g/mol. The minimum absolute atomic E-state index is 0.139. The third kappa shape index (κ3) is 3.38. The molecule has 3 aromatic heterocycles. The molecule has 3 heterocycles. The molecule has 0 aliphatic carbocycles. The first-order chi connectivity index (χ1) is 13.6. The average Bonchev–Trinajstić information content (AvgIpc) is 3.11. The molecule has 0 saturated heterocycles. The summed E-state index contributed by atoms with van der Waals surface area (Å²) in [5, 5.41) is 10.1. The van der Waals surface area contributed by atoms with E-state index in [1.807, 2.05) is 48.7 Å². The summed E-state index contributed by atoms with van der Waals surface area (Å²) in [5.41, 5.74) is 3.94. The van der Waals surface area contributed by atoms with E-state index < -0.39 is 0 Å². The zero-order valence-electron chi connectivity index (χ0n) is 15.9. The molecule has 0 bridgehead atoms. The van der Waals surface area contributed by atoms with Crippen LogP contribution in [0.15, 0.2) is 59.7 Å². The topological polar surface area (TPSA) is 88.0 Å². The number of fused-ring (bicyclic) bond motifs is 1. The fourth-order valence-corrected chi connectivity index (χ4v) is 3.27. The molecule has 0 radical (unpaired) electrons. The van der Waals surface area contributed by atoms with Gasteiger partial charge < -0.3 is 5.32 Å². The van der Waals surface area contributed by atoms with E-state index in [2.05, 4.69) is 34.3 Å². The molecular weight excluding hydrogens is 352 g/mol. The van der Waals surface area contributed by atoms with Gasteiger partial charge in [-0.3, -0.25) is 4.98 Å². The number of aromatic nitrogens is 5. The predicted octanol–water partition coefficient (Wildman–Crippen LogP) is 3.26. The van der Waals surface area contributed by atoms with Gasteiger partial charge in [0.2, 0.25) is 5.65 Å². The van der Waals surface area contributed by atoms with Crippen molar-refractivity contribution in [2.45, 2.75) is 26.2 Å². The second-order valence-electron chi connectivity index (χ2n) is 6.94. The van der Waals surface area contributed by atoms with E-state index in [1.54, 1.807) is 10.6 Å². The van der Waals surface area contributed by atoms with Crippen molar-refractivity contribution >= 4 is 11.5 Å². The van der Waals surface area contributed by atoms with Crippen molar-refractivity contribution in [1.82, 2.24) is 24.6 Å². The van der Waals surface area contributed by atoms with Gasteiger partial charge in [-0.2, -0.15) is 0 Å². The van der Waals surface area contributed by atoms with Gasteiger partial charge in [0, 0.05) is 24.5 Å². The van der Waals surface area contributed by atoms with Crippen LogP contribution >= 0.6 is 0 Å². The van der Waals surface area contributed by atoms with Gasteiger partial charge >= 0.3 is 5.69 Å². The first-order valence-electron chi connectivity index (χ1n) is 9.34. The highest BCUT2D eigenvalue weighted by atomic mass is 16.1. The van der Waals surface area contributed by atoms with Crippen LogP contribution in [0.4, 0.5) is 5.82 Å². The smallest absolute Gasteiger partial charge is 0.348 e. The SMILES string of the molecule is CC(C)c1nc(NCCc2cccnc2)c2n[nH]c(=O)n2c1-c1ccccc1. The Kier molecular flexibility index (Phi) is 4.89. The molecule has 2 N–H and O–H groups in total. The highest BCUT2D eigenvalue weighted by Crippen LogP contribution is 2.30. The number of hydrogen-bond donors (Lipinski definition) is 2. The number of rotatable bonds is 6. The van der Waals surface area contributed by atoms with E-state index in [1.165, 1.54) is 0 Å². The van der Waals surface area contributed by atoms with Crippen molar-refractivity contribution < 1.29 is 0 Å². The Morgan fingerprint density at radius 2 is 1.96 bits per heavy atom. The summed E-state index contributed by atoms with van der Waals surface area (Å²) in [6.45, 7) is 4.81. The molecule has 0 aliphatic rings. The van der Waals surface area contributed by atoms with Crippen molar-refractivity contribution in [3.8, 4) is 11.3 Å². The Morgan fingerprint density at radius 3 is 2.68 bits per heavy atom. The maximum atomic E-state index is 12.6. The fourth-order valence-electron chi connectivity index (χ4n) is 3.27. The lowest BCUT2D eigenvalue weighted by Gasteiger charge is -2.16. The molecule has 0 aliphatic heterocycles. The summed E-state index contributed by atoms with van der Waals surface area (Å²) in [6.07, 6.45) is 4.41. The van der Waals surface area contributed by atoms with Gasteiger partial charge in [-0.05, 0) is 24.0 Å². The van der Waals surface area contributed by atoms with Crippen molar-refractivity contribution in [2.24, 2.45) is 0 Å². The van der Waals surface area contributed by atoms with Gasteiger partial charge in [0.25, 0.3) is 0 Å². The van der Waals surface area contributed by atoms with Gasteiger partial charge in [0.15, 0.2) is 5.82 Å². The third-order valence-electron chi connectivity index (χ3n) is 4.61. The highest BCUT2D eigenvalue weighted by molar-refractivity contribution is 5.72. The van der Waals surface area contributed by atoms with E-state index in [0.717, 1.165) is 28.9 Å². The molecular formula is C21H22N6O. The number of H-pyrrole nitrogens is 1. The molecule has 0 unspecified atom stereocenters. The van der Waals surface area contributed by atoms with E-state index in [9.17, 15) is 4.79 Å². The average molecular weight is 374 g/mol. The number of hydrogen-bond acceptors (Lipinski definition) is 5. The predicted molar refractivity (Wildman–Crippen MR) is 110 cm³/mol. The van der Waals surface area contributed by atoms with Crippen LogP contribution in [0.3, 0.4) is 0 Å². The van der Waals surface area contributed by atoms with E-state index >= 15 is 0 Å². The molecule has 7 heteroatoms. The maximum Gasteiger partial charge on any atom is 0.348 e. The summed E-state index contributed by atoms with van der Waals surface area (Å²) in [5.74, 6) is 0.742. The largest absolute Gasteiger partial charge is 0.367 e. The number of nitrogens with zero attached hydrogens (tertiary/aromatic N) is 4.